The van der Waals surface area contributed by atoms with Crippen LogP contribution in [0.1, 0.15) is 31.9 Å². The molecule has 0 aliphatic rings. The van der Waals surface area contributed by atoms with Gasteiger partial charge in [-0.05, 0) is 75.9 Å². The van der Waals surface area contributed by atoms with Crippen LogP contribution in [0.5, 0.6) is 11.5 Å². The van der Waals surface area contributed by atoms with Crippen LogP contribution in [0.4, 0.5) is 10.5 Å². The predicted molar refractivity (Wildman–Crippen MR) is 126 cm³/mol. The van der Waals surface area contributed by atoms with Gasteiger partial charge >= 0.3 is 6.09 Å². The van der Waals surface area contributed by atoms with E-state index in [0.717, 1.165) is 16.7 Å². The van der Waals surface area contributed by atoms with Crippen molar-refractivity contribution < 1.29 is 22.7 Å². The van der Waals surface area contributed by atoms with E-state index in [9.17, 15) is 13.2 Å². The van der Waals surface area contributed by atoms with Gasteiger partial charge in [0.15, 0.2) is 0 Å². The quantitative estimate of drug-likeness (QED) is 0.561. The second-order valence-corrected chi connectivity index (χ2v) is 10.9. The molecule has 0 unspecified atom stereocenters. The number of hydrogen-bond acceptors (Lipinski definition) is 6. The Balaban J connectivity index is 2.35. The highest BCUT2D eigenvalue weighted by molar-refractivity contribution is 7.98. The van der Waals surface area contributed by atoms with Crippen LogP contribution >= 0.6 is 11.8 Å². The van der Waals surface area contributed by atoms with Crippen LogP contribution < -0.4 is 9.46 Å². The number of carbonyl (C=O) groups is 1. The first-order valence-corrected chi connectivity index (χ1v) is 12.8. The predicted octanol–water partition coefficient (Wildman–Crippen LogP) is 5.25. The third-order valence-electron chi connectivity index (χ3n) is 4.07. The van der Waals surface area contributed by atoms with E-state index in [2.05, 4.69) is 4.72 Å². The lowest BCUT2D eigenvalue weighted by molar-refractivity contribution is 0.0284. The maximum atomic E-state index is 12.4. The largest absolute Gasteiger partial charge is 0.457 e. The monoisotopic (exact) mass is 466 g/mol. The van der Waals surface area contributed by atoms with E-state index >= 15 is 0 Å². The summed E-state index contributed by atoms with van der Waals surface area (Å²) in [5, 5.41) is 0. The molecule has 0 heterocycles. The van der Waals surface area contributed by atoms with Gasteiger partial charge in [-0.2, -0.15) is 0 Å². The van der Waals surface area contributed by atoms with Gasteiger partial charge in [-0.15, -0.1) is 11.8 Å². The summed E-state index contributed by atoms with van der Waals surface area (Å²) < 4.78 is 37.3. The minimum absolute atomic E-state index is 0.172. The summed E-state index contributed by atoms with van der Waals surface area (Å²) >= 11 is 1.66. The highest BCUT2D eigenvalue weighted by Gasteiger charge is 2.21. The van der Waals surface area contributed by atoms with E-state index in [4.69, 9.17) is 9.47 Å². The van der Waals surface area contributed by atoms with Crippen LogP contribution in [0.25, 0.3) is 0 Å². The van der Waals surface area contributed by atoms with Crippen LogP contribution in [-0.2, 0) is 21.3 Å². The fraction of sp³-hybridized carbons (Fsp3) is 0.409. The molecule has 0 spiro atoms. The lowest BCUT2D eigenvalue weighted by atomic mass is 10.1. The number of amides is 1. The molecule has 0 fully saturated rings. The molecule has 31 heavy (non-hydrogen) atoms. The number of anilines is 1. The molecule has 2 aromatic carbocycles. The fourth-order valence-corrected chi connectivity index (χ4v) is 3.92. The molecule has 0 aliphatic carbocycles. The van der Waals surface area contributed by atoms with Crippen molar-refractivity contribution >= 4 is 33.6 Å². The van der Waals surface area contributed by atoms with Crippen molar-refractivity contribution in [3.63, 3.8) is 0 Å². The van der Waals surface area contributed by atoms with E-state index in [1.165, 1.54) is 4.90 Å². The molecule has 0 radical (unpaired) electrons. The minimum Gasteiger partial charge on any atom is -0.457 e. The number of thioether (sulfide) groups is 1. The molecule has 2 rings (SSSR count). The molecule has 9 heteroatoms. The average molecular weight is 467 g/mol. The first kappa shape index (κ1) is 24.9. The van der Waals surface area contributed by atoms with E-state index in [1.807, 2.05) is 31.4 Å². The molecule has 0 saturated carbocycles. The molecule has 1 amide bonds. The smallest absolute Gasteiger partial charge is 0.410 e. The highest BCUT2D eigenvalue weighted by atomic mass is 32.2. The number of hydrogen-bond donors (Lipinski definition) is 1. The average Bonchev–Trinajstić information content (AvgIpc) is 2.61. The number of carbonyl (C=O) groups excluding carboxylic acids is 1. The summed E-state index contributed by atoms with van der Waals surface area (Å²) in [5.74, 6) is 1.17. The Bertz CT molecular complexity index is 1050. The maximum absolute atomic E-state index is 12.4. The summed E-state index contributed by atoms with van der Waals surface area (Å²) in [5.41, 5.74) is 1.48. The lowest BCUT2D eigenvalue weighted by Crippen LogP contribution is -2.33. The molecule has 170 valence electrons. The van der Waals surface area contributed by atoms with Crippen LogP contribution in [0.3, 0.4) is 0 Å². The molecule has 7 nitrogen and oxygen atoms in total. The Morgan fingerprint density at radius 1 is 1.16 bits per heavy atom. The Morgan fingerprint density at radius 3 is 2.39 bits per heavy atom. The molecule has 2 aromatic rings. The van der Waals surface area contributed by atoms with Gasteiger partial charge in [0.25, 0.3) is 0 Å². The Kier molecular flexibility index (Phi) is 7.88. The van der Waals surface area contributed by atoms with E-state index in [0.29, 0.717) is 22.7 Å². The number of benzene rings is 2. The minimum atomic E-state index is -3.45. The maximum Gasteiger partial charge on any atom is 0.410 e. The van der Waals surface area contributed by atoms with Crippen LogP contribution in [0.2, 0.25) is 0 Å². The van der Waals surface area contributed by atoms with Gasteiger partial charge in [-0.1, -0.05) is 0 Å². The number of aryl methyl sites for hydroxylation is 1. The van der Waals surface area contributed by atoms with Gasteiger partial charge in [0.2, 0.25) is 10.0 Å². The third kappa shape index (κ3) is 7.99. The third-order valence-corrected chi connectivity index (χ3v) is 5.57. The van der Waals surface area contributed by atoms with Crippen molar-refractivity contribution in [2.24, 2.45) is 0 Å². The molecule has 0 bridgehead atoms. The van der Waals surface area contributed by atoms with Crippen molar-refractivity contribution in [3.05, 3.63) is 47.5 Å². The summed E-state index contributed by atoms with van der Waals surface area (Å²) in [4.78, 5) is 15.0. The molecular weight excluding hydrogens is 436 g/mol. The molecule has 0 atom stereocenters. The van der Waals surface area contributed by atoms with Crippen LogP contribution in [0, 0.1) is 6.92 Å². The van der Waals surface area contributed by atoms with Gasteiger partial charge in [-0.25, -0.2) is 13.2 Å². The fourth-order valence-electron chi connectivity index (χ4n) is 2.78. The zero-order valence-electron chi connectivity index (χ0n) is 19.0. The zero-order chi connectivity index (χ0) is 23.4. The second-order valence-electron chi connectivity index (χ2n) is 8.27. The van der Waals surface area contributed by atoms with Crippen molar-refractivity contribution in [1.82, 2.24) is 4.90 Å². The van der Waals surface area contributed by atoms with Crippen LogP contribution in [0.15, 0.2) is 41.3 Å². The van der Waals surface area contributed by atoms with Gasteiger partial charge in [0.05, 0.1) is 12.8 Å². The Hall–Kier alpha value is -2.39. The molecule has 0 saturated heterocycles. The first-order chi connectivity index (χ1) is 14.3. The number of nitrogens with zero attached hydrogens (tertiary/aromatic N) is 1. The van der Waals surface area contributed by atoms with E-state index in [1.54, 1.807) is 57.8 Å². The van der Waals surface area contributed by atoms with Crippen molar-refractivity contribution in [2.45, 2.75) is 44.7 Å². The van der Waals surface area contributed by atoms with Crippen molar-refractivity contribution in [2.75, 3.05) is 24.3 Å². The summed E-state index contributed by atoms with van der Waals surface area (Å²) in [6, 6.07) is 10.8. The molecular formula is C22H30N2O5S2. The normalized spacial score (nSPS) is 11.7. The standard InChI is InChI=1S/C22H30N2O5S2/c1-15-12-18(9-11-20(15)30-6)28-19-10-8-17(23-31(7,26)27)13-16(19)14-24(5)21(25)29-22(2,3)4/h8-13,23H,14H2,1-7H3. The zero-order valence-corrected chi connectivity index (χ0v) is 20.6. The topological polar surface area (TPSA) is 84.9 Å². The van der Waals surface area contributed by atoms with Gasteiger partial charge < -0.3 is 14.4 Å². The number of ether oxygens (including phenoxy) is 2. The van der Waals surface area contributed by atoms with Crippen LogP contribution in [-0.4, -0.2) is 44.6 Å². The first-order valence-electron chi connectivity index (χ1n) is 9.65. The SMILES string of the molecule is CSc1ccc(Oc2ccc(NS(C)(=O)=O)cc2CN(C)C(=O)OC(C)(C)C)cc1C. The molecule has 1 N–H and O–H groups in total. The second kappa shape index (κ2) is 9.82. The number of sulfonamides is 1. The Morgan fingerprint density at radius 2 is 1.84 bits per heavy atom. The van der Waals surface area contributed by atoms with Gasteiger partial charge in [0, 0.05) is 23.2 Å². The summed E-state index contributed by atoms with van der Waals surface area (Å²) in [6.45, 7) is 7.57. The van der Waals surface area contributed by atoms with Gasteiger partial charge in [-0.3, -0.25) is 4.72 Å². The summed E-state index contributed by atoms with van der Waals surface area (Å²) in [6.07, 6.45) is 2.61. The molecule has 0 aliphatic heterocycles. The van der Waals surface area contributed by atoms with E-state index in [-0.39, 0.29) is 6.54 Å². The van der Waals surface area contributed by atoms with Gasteiger partial charge in [0.1, 0.15) is 17.1 Å². The molecule has 0 aromatic heterocycles. The van der Waals surface area contributed by atoms with E-state index < -0.39 is 21.7 Å². The Labute approximate surface area is 189 Å². The highest BCUT2D eigenvalue weighted by Crippen LogP contribution is 2.32. The number of rotatable bonds is 7. The summed E-state index contributed by atoms with van der Waals surface area (Å²) in [7, 11) is -1.83. The van der Waals surface area contributed by atoms with Crippen molar-refractivity contribution in [3.8, 4) is 11.5 Å². The lowest BCUT2D eigenvalue weighted by Gasteiger charge is -2.25. The van der Waals surface area contributed by atoms with Crippen molar-refractivity contribution in [1.29, 1.82) is 0 Å². The number of nitrogens with one attached hydrogen (secondary N) is 1.